The van der Waals surface area contributed by atoms with Gasteiger partial charge in [0, 0.05) is 54.5 Å². The van der Waals surface area contributed by atoms with E-state index in [1.54, 1.807) is 6.07 Å². The Balaban J connectivity index is 1.15. The molecule has 0 aliphatic carbocycles. The lowest BCUT2D eigenvalue weighted by Gasteiger charge is -2.54. The van der Waals surface area contributed by atoms with Gasteiger partial charge in [0.05, 0.1) is 26.9 Å². The van der Waals surface area contributed by atoms with Crippen LogP contribution in [0.25, 0.3) is 32.1 Å². The molecule has 49 heavy (non-hydrogen) atoms. The van der Waals surface area contributed by atoms with E-state index in [9.17, 15) is 14.4 Å². The molecule has 4 aromatic rings. The van der Waals surface area contributed by atoms with Gasteiger partial charge in [0.2, 0.25) is 5.91 Å². The van der Waals surface area contributed by atoms with E-state index in [1.807, 2.05) is 4.90 Å². The van der Waals surface area contributed by atoms with E-state index in [4.69, 9.17) is 27.1 Å². The number of carbonyl (C=O) groups is 1. The third kappa shape index (κ3) is 4.93. The van der Waals surface area contributed by atoms with E-state index in [0.717, 1.165) is 69.5 Å². The van der Waals surface area contributed by atoms with Crippen LogP contribution < -0.4 is 20.7 Å². The highest BCUT2D eigenvalue weighted by Gasteiger charge is 2.50. The summed E-state index contributed by atoms with van der Waals surface area (Å²) >= 11 is 7.87. The number of halogens is 3. The molecule has 2 aromatic heterocycles. The lowest BCUT2D eigenvalue weighted by molar-refractivity contribution is -0.143. The van der Waals surface area contributed by atoms with Crippen molar-refractivity contribution in [2.75, 3.05) is 63.1 Å². The number of piperidine rings is 1. The van der Waals surface area contributed by atoms with Crippen molar-refractivity contribution in [3.05, 3.63) is 40.4 Å². The first-order valence-electron chi connectivity index (χ1n) is 16.9. The fourth-order valence-corrected chi connectivity index (χ4v) is 10.1. The van der Waals surface area contributed by atoms with Gasteiger partial charge in [-0.15, -0.1) is 11.3 Å². The molecule has 1 amide bonds. The second-order valence-electron chi connectivity index (χ2n) is 14.4. The smallest absolute Gasteiger partial charge is 0.319 e. The van der Waals surface area contributed by atoms with Crippen molar-refractivity contribution in [3.8, 4) is 23.2 Å². The third-order valence-corrected chi connectivity index (χ3v) is 12.7. The molecule has 9 rings (SSSR count). The van der Waals surface area contributed by atoms with Crippen LogP contribution in [0.5, 0.6) is 6.01 Å². The van der Waals surface area contributed by atoms with Gasteiger partial charge in [-0.1, -0.05) is 17.7 Å². The number of likely N-dealkylation sites (tertiary alicyclic amines) is 1. The highest BCUT2D eigenvalue weighted by atomic mass is 35.5. The molecule has 2 aromatic carbocycles. The fraction of sp³-hybridized carbons (Fsp3) is 0.486. The predicted octanol–water partition coefficient (Wildman–Crippen LogP) is 5.30. The fourth-order valence-electron chi connectivity index (χ4n) is 8.90. The van der Waals surface area contributed by atoms with Gasteiger partial charge in [0.15, 0.2) is 5.82 Å². The number of nitrogens with zero attached hydrogens (tertiary/aromatic N) is 6. The third-order valence-electron chi connectivity index (χ3n) is 11.4. The van der Waals surface area contributed by atoms with E-state index in [-0.39, 0.29) is 71.2 Å². The van der Waals surface area contributed by atoms with Crippen LogP contribution in [-0.4, -0.2) is 89.7 Å². The van der Waals surface area contributed by atoms with Crippen molar-refractivity contribution in [1.82, 2.24) is 25.1 Å². The Kier molecular flexibility index (Phi) is 7.22. The number of rotatable bonds is 6. The number of ether oxygens (including phenoxy) is 1. The van der Waals surface area contributed by atoms with Gasteiger partial charge in [-0.05, 0) is 69.3 Å². The molecule has 3 N–H and O–H groups in total. The van der Waals surface area contributed by atoms with Crippen LogP contribution in [0, 0.1) is 28.4 Å². The Bertz CT molecular complexity index is 2080. The maximum atomic E-state index is 17.1. The summed E-state index contributed by atoms with van der Waals surface area (Å²) in [5, 5.41) is 13.9. The molecular weight excluding hydrogens is 670 g/mol. The molecule has 5 aliphatic rings. The van der Waals surface area contributed by atoms with E-state index >= 15 is 4.39 Å². The molecule has 0 bridgehead atoms. The second kappa shape index (κ2) is 11.3. The number of benzene rings is 2. The number of nitrogens with one attached hydrogen (secondary N) is 1. The van der Waals surface area contributed by atoms with E-state index in [1.165, 1.54) is 12.1 Å². The van der Waals surface area contributed by atoms with Gasteiger partial charge < -0.3 is 25.6 Å². The average molecular weight is 705 g/mol. The molecule has 5 saturated heterocycles. The summed E-state index contributed by atoms with van der Waals surface area (Å²) in [7, 11) is 0. The maximum absolute atomic E-state index is 17.1. The molecule has 0 saturated carbocycles. The number of nitriles is 1. The first-order valence-corrected chi connectivity index (χ1v) is 18.1. The van der Waals surface area contributed by atoms with Crippen LogP contribution in [0.3, 0.4) is 0 Å². The Labute approximate surface area is 290 Å². The zero-order valence-electron chi connectivity index (χ0n) is 26.8. The number of carbonyl (C=O) groups excluding carboxylic acids is 1. The summed E-state index contributed by atoms with van der Waals surface area (Å²) < 4.78 is 38.6. The van der Waals surface area contributed by atoms with Gasteiger partial charge in [0.1, 0.15) is 34.8 Å². The zero-order chi connectivity index (χ0) is 33.7. The monoisotopic (exact) mass is 704 g/mol. The lowest BCUT2D eigenvalue weighted by atomic mass is 9.73. The highest BCUT2D eigenvalue weighted by molar-refractivity contribution is 7.23. The Morgan fingerprint density at radius 1 is 1.14 bits per heavy atom. The Hall–Kier alpha value is -3.83. The minimum absolute atomic E-state index is 0.0115. The average Bonchev–Trinajstić information content (AvgIpc) is 3.60. The molecular formula is C35H35ClF2N8O2S. The number of aromatic nitrogens is 2. The van der Waals surface area contributed by atoms with Crippen molar-refractivity contribution in [3.63, 3.8) is 0 Å². The van der Waals surface area contributed by atoms with Gasteiger partial charge in [0.25, 0.3) is 0 Å². The topological polar surface area (TPSA) is 134 Å². The van der Waals surface area contributed by atoms with E-state index in [2.05, 4.69) is 26.2 Å². The molecule has 5 fully saturated rings. The zero-order valence-corrected chi connectivity index (χ0v) is 28.4. The van der Waals surface area contributed by atoms with Crippen molar-refractivity contribution in [1.29, 1.82) is 5.26 Å². The number of hydrogen-bond donors (Lipinski definition) is 2. The van der Waals surface area contributed by atoms with Crippen molar-refractivity contribution in [2.45, 2.75) is 50.1 Å². The number of fused-ring (bicyclic) bond motifs is 3. The van der Waals surface area contributed by atoms with Crippen molar-refractivity contribution in [2.24, 2.45) is 5.41 Å². The largest absolute Gasteiger partial charge is 0.461 e. The van der Waals surface area contributed by atoms with Crippen LogP contribution in [0.1, 0.15) is 44.1 Å². The van der Waals surface area contributed by atoms with Gasteiger partial charge in [-0.25, -0.2) is 8.78 Å². The molecule has 10 nitrogen and oxygen atoms in total. The molecule has 1 spiro atoms. The van der Waals surface area contributed by atoms with Gasteiger partial charge >= 0.3 is 6.01 Å². The molecule has 0 unspecified atom stereocenters. The molecule has 0 radical (unpaired) electrons. The Morgan fingerprint density at radius 3 is 2.63 bits per heavy atom. The van der Waals surface area contributed by atoms with Gasteiger partial charge in [-0.2, -0.15) is 15.2 Å². The lowest BCUT2D eigenvalue weighted by Crippen LogP contribution is -2.65. The van der Waals surface area contributed by atoms with Crippen LogP contribution in [0.2, 0.25) is 5.02 Å². The number of thiophene rings is 1. The summed E-state index contributed by atoms with van der Waals surface area (Å²) in [5.74, 6) is -0.566. The van der Waals surface area contributed by atoms with Crippen molar-refractivity contribution >= 4 is 60.7 Å². The van der Waals surface area contributed by atoms with Crippen LogP contribution >= 0.6 is 22.9 Å². The quantitative estimate of drug-likeness (QED) is 0.257. The number of nitrogens with two attached hydrogens (primary N) is 1. The number of nitrogen functional groups attached to an aromatic ring is 1. The maximum Gasteiger partial charge on any atom is 0.319 e. The molecule has 1 atom stereocenters. The number of hydrogen-bond acceptors (Lipinski definition) is 10. The van der Waals surface area contributed by atoms with E-state index in [0.29, 0.717) is 44.0 Å². The number of amides is 1. The molecule has 14 heteroatoms. The second-order valence-corrected chi connectivity index (χ2v) is 15.9. The minimum Gasteiger partial charge on any atom is -0.461 e. The normalized spacial score (nSPS) is 22.4. The van der Waals surface area contributed by atoms with Crippen LogP contribution in [0.4, 0.5) is 19.6 Å². The van der Waals surface area contributed by atoms with Crippen LogP contribution in [-0.2, 0) is 4.79 Å². The molecule has 5 aliphatic heterocycles. The predicted molar refractivity (Wildman–Crippen MR) is 185 cm³/mol. The first-order chi connectivity index (χ1) is 23.7. The molecule has 7 heterocycles. The summed E-state index contributed by atoms with van der Waals surface area (Å²) in [6.07, 6.45) is 6.17. The van der Waals surface area contributed by atoms with Crippen LogP contribution in [0.15, 0.2) is 18.2 Å². The van der Waals surface area contributed by atoms with Crippen molar-refractivity contribution < 1.29 is 18.3 Å². The Morgan fingerprint density at radius 2 is 1.90 bits per heavy atom. The minimum atomic E-state index is -0.705. The highest BCUT2D eigenvalue weighted by Crippen LogP contribution is 2.47. The van der Waals surface area contributed by atoms with E-state index < -0.39 is 11.6 Å². The summed E-state index contributed by atoms with van der Waals surface area (Å²) in [6.45, 7) is 5.93. The van der Waals surface area contributed by atoms with Gasteiger partial charge in [-0.3, -0.25) is 9.69 Å². The summed E-state index contributed by atoms with van der Waals surface area (Å²) in [4.78, 5) is 28.9. The standard InChI is InChI=1S/C35H35ClF2N8O2S/c36-22-12-20-28(27(38)26(22)19-4-5-23(37)29-25(19)21(13-39)30(40)49-29)42-33(48-18-35-7-2-10-46(35)11-3-8-35)43-31(20)44-9-1-6-34(15-44)16-45(17-34)32(47)24-14-41-24/h4-5,12,24,41H,1-3,6-11,14-18,40H2/t24-/m1/s1. The number of anilines is 2. The summed E-state index contributed by atoms with van der Waals surface area (Å²) in [6, 6.07) is 6.43. The molecule has 254 valence electrons. The first kappa shape index (κ1) is 31.2. The summed E-state index contributed by atoms with van der Waals surface area (Å²) in [5.41, 5.74) is 6.35. The SMILES string of the molecule is N#Cc1c(N)sc2c(F)ccc(-c3c(Cl)cc4c(N5CCCC6(CN(C(=O)[C@H]7CN7)C6)C5)nc(OCC56CCCN5CCC6)nc4c3F)c12.